The number of β-lactam (4-membered cyclic amide) rings is 1. The number of methoxy groups -OCH3 is 1. The van der Waals surface area contributed by atoms with Crippen LogP contribution in [-0.4, -0.2) is 48.0 Å². The van der Waals surface area contributed by atoms with Gasteiger partial charge in [0.25, 0.3) is 5.91 Å². The smallest absolute Gasteiger partial charge is 0.349 e. The molecule has 1 aliphatic heterocycles. The van der Waals surface area contributed by atoms with E-state index in [2.05, 4.69) is 5.32 Å². The predicted octanol–water partition coefficient (Wildman–Crippen LogP) is -0.278. The van der Waals surface area contributed by atoms with Crippen molar-refractivity contribution in [3.63, 3.8) is 0 Å². The first-order valence-electron chi connectivity index (χ1n) is 6.43. The summed E-state index contributed by atoms with van der Waals surface area (Å²) < 4.78 is 36.5. The van der Waals surface area contributed by atoms with E-state index in [0.717, 1.165) is 5.56 Å². The lowest BCUT2D eigenvalue weighted by atomic mass is 9.94. The van der Waals surface area contributed by atoms with E-state index >= 15 is 0 Å². The average molecular weight is 328 g/mol. The molecule has 0 saturated carbocycles. The zero-order valence-corrected chi connectivity index (χ0v) is 12.8. The molecule has 1 fully saturated rings. The van der Waals surface area contributed by atoms with Gasteiger partial charge in [-0.1, -0.05) is 30.3 Å². The van der Waals surface area contributed by atoms with Gasteiger partial charge in [0.1, 0.15) is 6.04 Å². The van der Waals surface area contributed by atoms with Crippen molar-refractivity contribution in [2.75, 3.05) is 7.11 Å². The van der Waals surface area contributed by atoms with Crippen LogP contribution in [0.5, 0.6) is 0 Å². The van der Waals surface area contributed by atoms with Gasteiger partial charge in [0.05, 0.1) is 6.42 Å². The van der Waals surface area contributed by atoms with Crippen LogP contribution in [0.2, 0.25) is 0 Å². The lowest BCUT2D eigenvalue weighted by Gasteiger charge is -2.50. The Morgan fingerprint density at radius 3 is 2.45 bits per heavy atom. The largest absolute Gasteiger partial charge is 0.362 e. The molecule has 1 saturated heterocycles. The van der Waals surface area contributed by atoms with E-state index < -0.39 is 33.9 Å². The first-order valence-corrected chi connectivity index (χ1v) is 7.83. The fraction of sp³-hybridized carbons (Fsp3) is 0.385. The van der Waals surface area contributed by atoms with Crippen LogP contribution in [-0.2, 0) is 31.1 Å². The number of hydrogen-bond acceptors (Lipinski definition) is 5. The Balaban J connectivity index is 2.13. The van der Waals surface area contributed by atoms with Crippen LogP contribution >= 0.6 is 0 Å². The summed E-state index contributed by atoms with van der Waals surface area (Å²) in [5.41, 5.74) is -1.06. The van der Waals surface area contributed by atoms with Crippen LogP contribution in [0.25, 0.3) is 0 Å². The molecule has 22 heavy (non-hydrogen) atoms. The number of carbonyl (C=O) groups excluding carboxylic acids is 2. The van der Waals surface area contributed by atoms with Crippen molar-refractivity contribution in [2.45, 2.75) is 25.1 Å². The summed E-state index contributed by atoms with van der Waals surface area (Å²) in [7, 11) is -3.51. The fourth-order valence-corrected chi connectivity index (χ4v) is 3.31. The number of carbonyl (C=O) groups is 2. The quantitative estimate of drug-likeness (QED) is 0.437. The first kappa shape index (κ1) is 16.4. The number of benzene rings is 1. The molecule has 9 heteroatoms. The predicted molar refractivity (Wildman–Crippen MR) is 75.9 cm³/mol. The van der Waals surface area contributed by atoms with E-state index in [1.165, 1.54) is 14.0 Å². The molecule has 2 atom stereocenters. The first-order chi connectivity index (χ1) is 10.2. The van der Waals surface area contributed by atoms with Crippen LogP contribution in [0.3, 0.4) is 0 Å². The molecule has 1 aromatic carbocycles. The molecular formula is C13H16N2O6S. The third kappa shape index (κ3) is 2.70. The Morgan fingerprint density at radius 1 is 1.41 bits per heavy atom. The Bertz CT molecular complexity index is 690. The van der Waals surface area contributed by atoms with Crippen LogP contribution < -0.4 is 5.32 Å². The van der Waals surface area contributed by atoms with E-state index in [-0.39, 0.29) is 10.7 Å². The minimum absolute atomic E-state index is 0.0117. The number of ether oxygens (including phenoxy) is 1. The van der Waals surface area contributed by atoms with Gasteiger partial charge in [-0.25, -0.2) is 4.31 Å². The minimum Gasteiger partial charge on any atom is -0.349 e. The van der Waals surface area contributed by atoms with Crippen molar-refractivity contribution in [3.8, 4) is 0 Å². The molecule has 1 aromatic rings. The van der Waals surface area contributed by atoms with Crippen molar-refractivity contribution in [1.82, 2.24) is 9.62 Å². The van der Waals surface area contributed by atoms with Crippen LogP contribution in [0.1, 0.15) is 12.5 Å². The highest BCUT2D eigenvalue weighted by atomic mass is 32.2. The van der Waals surface area contributed by atoms with Gasteiger partial charge in [-0.3, -0.25) is 14.1 Å². The third-order valence-corrected chi connectivity index (χ3v) is 4.54. The molecule has 2 N–H and O–H groups in total. The zero-order chi connectivity index (χ0) is 16.5. The summed E-state index contributed by atoms with van der Waals surface area (Å²) in [6.45, 7) is 1.35. The zero-order valence-electron chi connectivity index (χ0n) is 12.0. The standard InChI is InChI=1S/C13H16N2O6S/c1-9-13(21-2,12(17)15(9)22(18,19)20)14-11(16)8-10-6-4-3-5-7-10/h3-7,9H,8H2,1-2H3,(H,14,16)(H,18,19,20)/t9?,13-/m0/s1. The third-order valence-electron chi connectivity index (χ3n) is 3.56. The van der Waals surface area contributed by atoms with Crippen molar-refractivity contribution >= 4 is 22.1 Å². The van der Waals surface area contributed by atoms with Crippen molar-refractivity contribution < 1.29 is 27.3 Å². The van der Waals surface area contributed by atoms with E-state index in [0.29, 0.717) is 0 Å². The maximum absolute atomic E-state index is 12.1. The molecule has 2 amide bonds. The summed E-state index contributed by atoms with van der Waals surface area (Å²) >= 11 is 0. The fourth-order valence-electron chi connectivity index (χ4n) is 2.42. The average Bonchev–Trinajstić information content (AvgIpc) is 2.44. The molecule has 2 rings (SSSR count). The van der Waals surface area contributed by atoms with Gasteiger partial charge in [0.15, 0.2) is 0 Å². The second-order valence-electron chi connectivity index (χ2n) is 4.91. The highest BCUT2D eigenvalue weighted by Crippen LogP contribution is 2.33. The molecular weight excluding hydrogens is 312 g/mol. The number of rotatable bonds is 5. The topological polar surface area (TPSA) is 113 Å². The van der Waals surface area contributed by atoms with Crippen LogP contribution in [0.4, 0.5) is 0 Å². The number of amides is 2. The Morgan fingerprint density at radius 2 is 2.00 bits per heavy atom. The highest BCUT2D eigenvalue weighted by Gasteiger charge is 2.64. The summed E-state index contributed by atoms with van der Waals surface area (Å²) in [5.74, 6) is -1.53. The molecule has 0 aliphatic carbocycles. The lowest BCUT2D eigenvalue weighted by molar-refractivity contribution is -0.192. The van der Waals surface area contributed by atoms with E-state index in [1.54, 1.807) is 30.3 Å². The molecule has 0 bridgehead atoms. The Kier molecular flexibility index (Phi) is 4.23. The summed E-state index contributed by atoms with van der Waals surface area (Å²) in [5, 5.41) is 2.40. The number of hydrogen-bond donors (Lipinski definition) is 2. The molecule has 1 heterocycles. The van der Waals surface area contributed by atoms with Gasteiger partial charge in [0, 0.05) is 7.11 Å². The summed E-state index contributed by atoms with van der Waals surface area (Å²) in [6, 6.07) is 7.78. The van der Waals surface area contributed by atoms with Gasteiger partial charge in [-0.05, 0) is 12.5 Å². The Labute approximate surface area is 127 Å². The van der Waals surface area contributed by atoms with Gasteiger partial charge >= 0.3 is 10.3 Å². The van der Waals surface area contributed by atoms with E-state index in [1.807, 2.05) is 0 Å². The minimum atomic E-state index is -4.69. The summed E-state index contributed by atoms with van der Waals surface area (Å²) in [6.07, 6.45) is 0.0117. The number of nitrogens with one attached hydrogen (secondary N) is 1. The van der Waals surface area contributed by atoms with E-state index in [9.17, 15) is 18.0 Å². The molecule has 1 unspecified atom stereocenters. The molecule has 0 spiro atoms. The molecule has 0 radical (unpaired) electrons. The van der Waals surface area contributed by atoms with Gasteiger partial charge < -0.3 is 10.1 Å². The molecule has 8 nitrogen and oxygen atoms in total. The summed E-state index contributed by atoms with van der Waals surface area (Å²) in [4.78, 5) is 24.1. The van der Waals surface area contributed by atoms with Crippen molar-refractivity contribution in [2.24, 2.45) is 0 Å². The second kappa shape index (κ2) is 5.67. The molecule has 1 aliphatic rings. The maximum Gasteiger partial charge on any atom is 0.362 e. The van der Waals surface area contributed by atoms with Gasteiger partial charge in [-0.15, -0.1) is 0 Å². The van der Waals surface area contributed by atoms with Crippen molar-refractivity contribution in [1.29, 1.82) is 0 Å². The maximum atomic E-state index is 12.1. The SMILES string of the molecule is CO[C@]1(NC(=O)Cc2ccccc2)C(=O)N(S(=O)(=O)O)C1C. The van der Waals surface area contributed by atoms with Gasteiger partial charge in [0.2, 0.25) is 11.6 Å². The molecule has 120 valence electrons. The number of nitrogens with zero attached hydrogens (tertiary/aromatic N) is 1. The second-order valence-corrected chi connectivity index (χ2v) is 6.19. The molecule has 0 aromatic heterocycles. The van der Waals surface area contributed by atoms with Gasteiger partial charge in [-0.2, -0.15) is 8.42 Å². The van der Waals surface area contributed by atoms with E-state index in [4.69, 9.17) is 9.29 Å². The Hall–Kier alpha value is -1.97. The highest BCUT2D eigenvalue weighted by molar-refractivity contribution is 7.84. The van der Waals surface area contributed by atoms with Crippen LogP contribution in [0.15, 0.2) is 30.3 Å². The van der Waals surface area contributed by atoms with Crippen LogP contribution in [0, 0.1) is 0 Å². The van der Waals surface area contributed by atoms with Crippen molar-refractivity contribution in [3.05, 3.63) is 35.9 Å². The normalized spacial score (nSPS) is 24.8. The monoisotopic (exact) mass is 328 g/mol. The lowest BCUT2D eigenvalue weighted by Crippen LogP contribution is -2.81.